The van der Waals surface area contributed by atoms with Gasteiger partial charge in [-0.25, -0.2) is 9.78 Å². The molecular weight excluding hydrogens is 297 g/mol. The second kappa shape index (κ2) is 6.67. The van der Waals surface area contributed by atoms with Crippen LogP contribution in [0.1, 0.15) is 19.2 Å². The summed E-state index contributed by atoms with van der Waals surface area (Å²) >= 11 is 0. The lowest BCUT2D eigenvalue weighted by Gasteiger charge is -2.12. The molecule has 0 aliphatic rings. The number of amides is 2. The Morgan fingerprint density at radius 3 is 2.59 bits per heavy atom. The monoisotopic (exact) mass is 314 g/mol. The van der Waals surface area contributed by atoms with Crippen LogP contribution in [0.25, 0.3) is 11.0 Å². The number of halogens is 3. The number of hydrogen-bond acceptors (Lipinski definition) is 2. The Morgan fingerprint density at radius 2 is 1.91 bits per heavy atom. The van der Waals surface area contributed by atoms with E-state index < -0.39 is 12.0 Å². The van der Waals surface area contributed by atoms with Gasteiger partial charge in [-0.2, -0.15) is 13.2 Å². The Kier molecular flexibility index (Phi) is 4.89. The molecule has 1 aromatic carbocycles. The van der Waals surface area contributed by atoms with Gasteiger partial charge in [0.25, 0.3) is 0 Å². The van der Waals surface area contributed by atoms with Crippen LogP contribution in [0.2, 0.25) is 0 Å². The van der Waals surface area contributed by atoms with E-state index in [1.165, 1.54) is 6.07 Å². The molecule has 0 atom stereocenters. The number of benzene rings is 1. The first-order valence-electron chi connectivity index (χ1n) is 6.97. The highest BCUT2D eigenvalue weighted by Gasteiger charge is 2.37. The molecule has 0 saturated carbocycles. The zero-order chi connectivity index (χ0) is 16.2. The van der Waals surface area contributed by atoms with Gasteiger partial charge in [0, 0.05) is 19.6 Å². The van der Waals surface area contributed by atoms with Gasteiger partial charge < -0.3 is 15.2 Å². The second-order valence-corrected chi connectivity index (χ2v) is 4.76. The van der Waals surface area contributed by atoms with Gasteiger partial charge in [0.05, 0.1) is 11.0 Å². The molecule has 0 aliphatic carbocycles. The molecule has 0 bridgehead atoms. The number of nitrogens with zero attached hydrogens (tertiary/aromatic N) is 2. The Morgan fingerprint density at radius 1 is 1.23 bits per heavy atom. The fraction of sp³-hybridized carbons (Fsp3) is 0.429. The fourth-order valence-electron chi connectivity index (χ4n) is 2.10. The maximum atomic E-state index is 13.1. The van der Waals surface area contributed by atoms with Gasteiger partial charge in [0.2, 0.25) is 5.82 Å². The van der Waals surface area contributed by atoms with E-state index in [1.807, 2.05) is 6.92 Å². The quantitative estimate of drug-likeness (QED) is 0.891. The molecule has 8 heteroatoms. The topological polar surface area (TPSA) is 59.0 Å². The summed E-state index contributed by atoms with van der Waals surface area (Å²) in [5.74, 6) is -0.954. The Labute approximate surface area is 125 Å². The number of carbonyl (C=O) groups excluding carboxylic acids is 1. The fourth-order valence-corrected chi connectivity index (χ4v) is 2.10. The molecular formula is C14H17F3N4O. The Hall–Kier alpha value is -2.25. The molecule has 0 fully saturated rings. The minimum absolute atomic E-state index is 0.00506. The van der Waals surface area contributed by atoms with Crippen molar-refractivity contribution in [2.45, 2.75) is 26.1 Å². The predicted octanol–water partition coefficient (Wildman–Crippen LogP) is 2.76. The molecule has 120 valence electrons. The maximum absolute atomic E-state index is 13.1. The van der Waals surface area contributed by atoms with Gasteiger partial charge >= 0.3 is 12.2 Å². The van der Waals surface area contributed by atoms with Crippen molar-refractivity contribution in [2.75, 3.05) is 13.1 Å². The van der Waals surface area contributed by atoms with Gasteiger partial charge in [0.15, 0.2) is 0 Å². The third-order valence-electron chi connectivity index (χ3n) is 3.06. The normalized spacial score (nSPS) is 11.6. The number of aromatic nitrogens is 2. The average molecular weight is 314 g/mol. The van der Waals surface area contributed by atoms with Crippen LogP contribution in [0.3, 0.4) is 0 Å². The number of fused-ring (bicyclic) bond motifs is 1. The van der Waals surface area contributed by atoms with E-state index in [1.54, 1.807) is 18.2 Å². The molecule has 5 nitrogen and oxygen atoms in total. The maximum Gasteiger partial charge on any atom is 0.449 e. The number of hydrogen-bond donors (Lipinski definition) is 2. The molecule has 2 aromatic rings. The van der Waals surface area contributed by atoms with E-state index in [0.29, 0.717) is 12.1 Å². The molecule has 0 saturated heterocycles. The van der Waals surface area contributed by atoms with Gasteiger partial charge in [0.1, 0.15) is 0 Å². The summed E-state index contributed by atoms with van der Waals surface area (Å²) in [4.78, 5) is 15.0. The first kappa shape index (κ1) is 16.1. The van der Waals surface area contributed by atoms with Crippen molar-refractivity contribution in [1.29, 1.82) is 0 Å². The van der Waals surface area contributed by atoms with E-state index in [9.17, 15) is 18.0 Å². The third-order valence-corrected chi connectivity index (χ3v) is 3.06. The molecule has 0 aliphatic heterocycles. The zero-order valence-corrected chi connectivity index (χ0v) is 12.1. The first-order chi connectivity index (χ1) is 10.4. The van der Waals surface area contributed by atoms with Crippen LogP contribution in [0.5, 0.6) is 0 Å². The van der Waals surface area contributed by atoms with Crippen LogP contribution < -0.4 is 10.6 Å². The summed E-state index contributed by atoms with van der Waals surface area (Å²) in [7, 11) is 0. The molecule has 2 rings (SSSR count). The molecule has 2 N–H and O–H groups in total. The lowest BCUT2D eigenvalue weighted by atomic mass is 10.3. The largest absolute Gasteiger partial charge is 0.449 e. The minimum atomic E-state index is -4.54. The van der Waals surface area contributed by atoms with Crippen LogP contribution in [0, 0.1) is 0 Å². The molecule has 22 heavy (non-hydrogen) atoms. The number of urea groups is 1. The Balaban J connectivity index is 2.14. The van der Waals surface area contributed by atoms with Crippen molar-refractivity contribution in [2.24, 2.45) is 0 Å². The highest BCUT2D eigenvalue weighted by molar-refractivity contribution is 5.76. The molecule has 1 aromatic heterocycles. The third kappa shape index (κ3) is 3.69. The second-order valence-electron chi connectivity index (χ2n) is 4.76. The molecule has 0 unspecified atom stereocenters. The molecule has 2 amide bonds. The SMILES string of the molecule is CCCNC(=O)NCCn1c(C(F)(F)F)nc2ccccc21. The van der Waals surface area contributed by atoms with Crippen LogP contribution >= 0.6 is 0 Å². The minimum Gasteiger partial charge on any atom is -0.338 e. The number of rotatable bonds is 5. The van der Waals surface area contributed by atoms with E-state index >= 15 is 0 Å². The molecule has 1 heterocycles. The highest BCUT2D eigenvalue weighted by Crippen LogP contribution is 2.31. The average Bonchev–Trinajstić information content (AvgIpc) is 2.84. The summed E-state index contributed by atoms with van der Waals surface area (Å²) in [6, 6.07) is 6.01. The number of para-hydroxylation sites is 2. The van der Waals surface area contributed by atoms with Gasteiger partial charge in [-0.1, -0.05) is 19.1 Å². The predicted molar refractivity (Wildman–Crippen MR) is 76.4 cm³/mol. The smallest absolute Gasteiger partial charge is 0.338 e. The summed E-state index contributed by atoms with van der Waals surface area (Å²) in [5.41, 5.74) is 0.677. The number of alkyl halides is 3. The summed E-state index contributed by atoms with van der Waals surface area (Å²) in [6.07, 6.45) is -3.75. The van der Waals surface area contributed by atoms with Crippen LogP contribution in [0.4, 0.5) is 18.0 Å². The molecule has 0 spiro atoms. The first-order valence-corrected chi connectivity index (χ1v) is 6.97. The van der Waals surface area contributed by atoms with Gasteiger partial charge in [-0.15, -0.1) is 0 Å². The van der Waals surface area contributed by atoms with Crippen molar-refractivity contribution in [1.82, 2.24) is 20.2 Å². The number of nitrogens with one attached hydrogen (secondary N) is 2. The van der Waals surface area contributed by atoms with Crippen LogP contribution in [-0.2, 0) is 12.7 Å². The van der Waals surface area contributed by atoms with Crippen molar-refractivity contribution < 1.29 is 18.0 Å². The van der Waals surface area contributed by atoms with Gasteiger partial charge in [-0.05, 0) is 18.6 Å². The van der Waals surface area contributed by atoms with Crippen molar-refractivity contribution in [3.63, 3.8) is 0 Å². The van der Waals surface area contributed by atoms with Crippen molar-refractivity contribution in [3.8, 4) is 0 Å². The van der Waals surface area contributed by atoms with Crippen molar-refractivity contribution >= 4 is 17.1 Å². The lowest BCUT2D eigenvalue weighted by molar-refractivity contribution is -0.146. The van der Waals surface area contributed by atoms with Crippen molar-refractivity contribution in [3.05, 3.63) is 30.1 Å². The van der Waals surface area contributed by atoms with Crippen LogP contribution in [-0.4, -0.2) is 28.7 Å². The van der Waals surface area contributed by atoms with E-state index in [2.05, 4.69) is 15.6 Å². The zero-order valence-electron chi connectivity index (χ0n) is 12.1. The number of carbonyl (C=O) groups is 1. The Bertz CT molecular complexity index is 651. The summed E-state index contributed by atoms with van der Waals surface area (Å²) < 4.78 is 40.2. The highest BCUT2D eigenvalue weighted by atomic mass is 19.4. The summed E-state index contributed by atoms with van der Waals surface area (Å²) in [5, 5.41) is 5.13. The van der Waals surface area contributed by atoms with Gasteiger partial charge in [-0.3, -0.25) is 0 Å². The lowest BCUT2D eigenvalue weighted by Crippen LogP contribution is -2.37. The molecule has 0 radical (unpaired) electrons. The van der Waals surface area contributed by atoms with E-state index in [0.717, 1.165) is 11.0 Å². The standard InChI is InChI=1S/C14H17F3N4O/c1-2-7-18-13(22)19-8-9-21-11-6-4-3-5-10(11)20-12(21)14(15,16)17/h3-6H,2,7-9H2,1H3,(H2,18,19,22). The number of imidazole rings is 1. The summed E-state index contributed by atoms with van der Waals surface area (Å²) in [6.45, 7) is 2.51. The van der Waals surface area contributed by atoms with E-state index in [4.69, 9.17) is 0 Å². The van der Waals surface area contributed by atoms with E-state index in [-0.39, 0.29) is 24.6 Å². The van der Waals surface area contributed by atoms with Crippen LogP contribution in [0.15, 0.2) is 24.3 Å².